The number of aromatic nitrogens is 1. The summed E-state index contributed by atoms with van der Waals surface area (Å²) in [6.45, 7) is 6.35. The number of thiazole rings is 1. The maximum Gasteiger partial charge on any atom is 0.203 e. The van der Waals surface area contributed by atoms with Gasteiger partial charge in [-0.3, -0.25) is 5.43 Å². The average molecular weight is 321 g/mol. The Bertz CT molecular complexity index is 642. The molecule has 6 heteroatoms. The molecule has 1 unspecified atom stereocenters. The molecule has 0 aliphatic rings. The van der Waals surface area contributed by atoms with Gasteiger partial charge < -0.3 is 4.74 Å². The highest BCUT2D eigenvalue weighted by Gasteiger charge is 2.06. The lowest BCUT2D eigenvalue weighted by atomic mass is 10.1. The zero-order chi connectivity index (χ0) is 15.9. The number of hydrazone groups is 1. The number of nitrogens with zero attached hydrogens (tertiary/aromatic N) is 2. The fourth-order valence-electron chi connectivity index (χ4n) is 1.74. The van der Waals surface area contributed by atoms with Crippen molar-refractivity contribution in [2.24, 2.45) is 5.10 Å². The normalized spacial score (nSPS) is 12.7. The number of aryl methyl sites for hydroxylation is 1. The Kier molecular flexibility index (Phi) is 6.03. The van der Waals surface area contributed by atoms with E-state index in [0.29, 0.717) is 6.61 Å². The predicted molar refractivity (Wildman–Crippen MR) is 89.0 cm³/mol. The Morgan fingerprint density at radius 3 is 3.00 bits per heavy atom. The van der Waals surface area contributed by atoms with Crippen LogP contribution in [-0.2, 0) is 11.3 Å². The topological polar surface area (TPSA) is 46.5 Å². The zero-order valence-corrected chi connectivity index (χ0v) is 13.8. The molecule has 0 saturated heterocycles. The van der Waals surface area contributed by atoms with Gasteiger partial charge >= 0.3 is 0 Å². The van der Waals surface area contributed by atoms with E-state index in [1.54, 1.807) is 12.3 Å². The fraction of sp³-hybridized carbons (Fsp3) is 0.375. The van der Waals surface area contributed by atoms with Gasteiger partial charge in [0.25, 0.3) is 0 Å². The van der Waals surface area contributed by atoms with Gasteiger partial charge in [-0.15, -0.1) is 11.3 Å². The molecular formula is C16H20FN3OS. The van der Waals surface area contributed by atoms with E-state index in [0.717, 1.165) is 28.4 Å². The van der Waals surface area contributed by atoms with Gasteiger partial charge in [0, 0.05) is 10.9 Å². The van der Waals surface area contributed by atoms with Crippen LogP contribution in [0.1, 0.15) is 37.1 Å². The van der Waals surface area contributed by atoms with Gasteiger partial charge in [0.05, 0.1) is 24.6 Å². The Labute approximate surface area is 134 Å². The minimum absolute atomic E-state index is 0.143. The number of hydrogen-bond acceptors (Lipinski definition) is 5. The van der Waals surface area contributed by atoms with Gasteiger partial charge in [-0.1, -0.05) is 13.0 Å². The molecule has 1 aromatic carbocycles. The lowest BCUT2D eigenvalue weighted by Gasteiger charge is -2.12. The third kappa shape index (κ3) is 4.89. The summed E-state index contributed by atoms with van der Waals surface area (Å²) >= 11 is 1.49. The molecule has 0 aliphatic heterocycles. The van der Waals surface area contributed by atoms with Crippen LogP contribution in [0.2, 0.25) is 0 Å². The summed E-state index contributed by atoms with van der Waals surface area (Å²) in [5.41, 5.74) is 5.43. The Morgan fingerprint density at radius 1 is 1.50 bits per heavy atom. The van der Waals surface area contributed by atoms with Crippen molar-refractivity contribution in [3.63, 3.8) is 0 Å². The van der Waals surface area contributed by atoms with E-state index in [2.05, 4.69) is 22.4 Å². The molecule has 2 aromatic rings. The summed E-state index contributed by atoms with van der Waals surface area (Å²) in [6.07, 6.45) is 2.72. The van der Waals surface area contributed by atoms with Crippen molar-refractivity contribution in [1.29, 1.82) is 0 Å². The number of benzene rings is 1. The summed E-state index contributed by atoms with van der Waals surface area (Å²) in [5, 5.41) is 6.83. The third-order valence-corrected chi connectivity index (χ3v) is 4.05. The van der Waals surface area contributed by atoms with Crippen molar-refractivity contribution in [3.05, 3.63) is 46.2 Å². The molecule has 2 rings (SSSR count). The van der Waals surface area contributed by atoms with Gasteiger partial charge in [-0.05, 0) is 38.0 Å². The summed E-state index contributed by atoms with van der Waals surface area (Å²) in [5.74, 6) is -0.275. The first-order valence-corrected chi connectivity index (χ1v) is 8.07. The third-order valence-electron chi connectivity index (χ3n) is 3.19. The lowest BCUT2D eigenvalue weighted by molar-refractivity contribution is 0.0506. The number of anilines is 1. The molecule has 1 aromatic heterocycles. The minimum Gasteiger partial charge on any atom is -0.374 e. The SMILES string of the molecule is CCC(C)OCc1cc(F)ccc1C=NNc1nc(C)cs1. The molecule has 118 valence electrons. The van der Waals surface area contributed by atoms with Crippen molar-refractivity contribution >= 4 is 22.7 Å². The molecule has 0 saturated carbocycles. The molecule has 0 amide bonds. The van der Waals surface area contributed by atoms with Gasteiger partial charge in [0.15, 0.2) is 0 Å². The number of nitrogens with one attached hydrogen (secondary N) is 1. The maximum atomic E-state index is 13.4. The van der Waals surface area contributed by atoms with Crippen molar-refractivity contribution in [1.82, 2.24) is 4.98 Å². The summed E-state index contributed by atoms with van der Waals surface area (Å²) < 4.78 is 19.1. The van der Waals surface area contributed by atoms with E-state index in [-0.39, 0.29) is 11.9 Å². The standard InChI is InChI=1S/C16H20FN3OS/c1-4-12(3)21-9-14-7-15(17)6-5-13(14)8-18-20-16-19-11(2)10-22-16/h5-8,10,12H,4,9H2,1-3H3,(H,19,20). The van der Waals surface area contributed by atoms with Gasteiger partial charge in [-0.25, -0.2) is 9.37 Å². The van der Waals surface area contributed by atoms with E-state index < -0.39 is 0 Å². The van der Waals surface area contributed by atoms with Crippen molar-refractivity contribution in [3.8, 4) is 0 Å². The van der Waals surface area contributed by atoms with Gasteiger partial charge in [0.2, 0.25) is 5.13 Å². The molecule has 4 nitrogen and oxygen atoms in total. The highest BCUT2D eigenvalue weighted by atomic mass is 32.1. The second kappa shape index (κ2) is 8.00. The fourth-order valence-corrected chi connectivity index (χ4v) is 2.37. The van der Waals surface area contributed by atoms with Crippen molar-refractivity contribution < 1.29 is 9.13 Å². The molecule has 0 fully saturated rings. The van der Waals surface area contributed by atoms with E-state index in [1.807, 2.05) is 19.2 Å². The van der Waals surface area contributed by atoms with Crippen molar-refractivity contribution in [2.75, 3.05) is 5.43 Å². The molecule has 0 spiro atoms. The first-order chi connectivity index (χ1) is 10.6. The molecule has 0 bridgehead atoms. The Hall–Kier alpha value is -1.79. The first-order valence-electron chi connectivity index (χ1n) is 7.19. The first kappa shape index (κ1) is 16.6. The van der Waals surface area contributed by atoms with Crippen LogP contribution in [0.5, 0.6) is 0 Å². The molecule has 0 aliphatic carbocycles. The van der Waals surface area contributed by atoms with Crippen LogP contribution in [0, 0.1) is 12.7 Å². The van der Waals surface area contributed by atoms with E-state index >= 15 is 0 Å². The number of halogens is 1. The maximum absolute atomic E-state index is 13.4. The van der Waals surface area contributed by atoms with Crippen LogP contribution in [0.25, 0.3) is 0 Å². The molecule has 0 radical (unpaired) electrons. The Morgan fingerprint density at radius 2 is 2.32 bits per heavy atom. The zero-order valence-electron chi connectivity index (χ0n) is 13.0. The van der Waals surface area contributed by atoms with Crippen LogP contribution in [0.3, 0.4) is 0 Å². The monoisotopic (exact) mass is 321 g/mol. The van der Waals surface area contributed by atoms with Gasteiger partial charge in [0.1, 0.15) is 5.82 Å². The van der Waals surface area contributed by atoms with Crippen molar-refractivity contribution in [2.45, 2.75) is 39.9 Å². The number of hydrogen-bond donors (Lipinski definition) is 1. The van der Waals surface area contributed by atoms with Crippen LogP contribution < -0.4 is 5.43 Å². The summed E-state index contributed by atoms with van der Waals surface area (Å²) in [6, 6.07) is 4.60. The van der Waals surface area contributed by atoms with Crippen LogP contribution >= 0.6 is 11.3 Å². The molecule has 1 heterocycles. The number of rotatable bonds is 7. The minimum atomic E-state index is -0.275. The van der Waals surface area contributed by atoms with Gasteiger partial charge in [-0.2, -0.15) is 5.10 Å². The predicted octanol–water partition coefficient (Wildman–Crippen LogP) is 4.35. The largest absolute Gasteiger partial charge is 0.374 e. The highest BCUT2D eigenvalue weighted by Crippen LogP contribution is 2.15. The smallest absolute Gasteiger partial charge is 0.203 e. The van der Waals surface area contributed by atoms with E-state index in [1.165, 1.54) is 23.5 Å². The highest BCUT2D eigenvalue weighted by molar-refractivity contribution is 7.13. The average Bonchev–Trinajstić information content (AvgIpc) is 2.92. The van der Waals surface area contributed by atoms with Crippen LogP contribution in [0.4, 0.5) is 9.52 Å². The molecule has 1 N–H and O–H groups in total. The van der Waals surface area contributed by atoms with Crippen LogP contribution in [0.15, 0.2) is 28.7 Å². The van der Waals surface area contributed by atoms with E-state index in [9.17, 15) is 4.39 Å². The quantitative estimate of drug-likeness (QED) is 0.609. The molecule has 1 atom stereocenters. The summed E-state index contributed by atoms with van der Waals surface area (Å²) in [4.78, 5) is 4.26. The Balaban J connectivity index is 2.05. The molecule has 22 heavy (non-hydrogen) atoms. The summed E-state index contributed by atoms with van der Waals surface area (Å²) in [7, 11) is 0. The van der Waals surface area contributed by atoms with Crippen LogP contribution in [-0.4, -0.2) is 17.3 Å². The second-order valence-corrected chi connectivity index (χ2v) is 5.90. The molecular weight excluding hydrogens is 301 g/mol. The van der Waals surface area contributed by atoms with E-state index in [4.69, 9.17) is 4.74 Å². The second-order valence-electron chi connectivity index (χ2n) is 5.04. The lowest BCUT2D eigenvalue weighted by Crippen LogP contribution is -2.08. The number of ether oxygens (including phenoxy) is 1.